The predicted octanol–water partition coefficient (Wildman–Crippen LogP) is 2.94. The van der Waals surface area contributed by atoms with E-state index >= 15 is 0 Å². The van der Waals surface area contributed by atoms with Gasteiger partial charge in [-0.25, -0.2) is 0 Å². The van der Waals surface area contributed by atoms with Crippen molar-refractivity contribution in [1.29, 1.82) is 0 Å². The van der Waals surface area contributed by atoms with Crippen LogP contribution in [0.3, 0.4) is 0 Å². The lowest BCUT2D eigenvalue weighted by Crippen LogP contribution is -2.07. The second-order valence-corrected chi connectivity index (χ2v) is 4.04. The van der Waals surface area contributed by atoms with E-state index in [9.17, 15) is 4.79 Å². The van der Waals surface area contributed by atoms with E-state index in [0.29, 0.717) is 5.02 Å². The molecule has 0 aliphatic rings. The normalized spacial score (nSPS) is 10.9. The van der Waals surface area contributed by atoms with Crippen LogP contribution in [-0.4, -0.2) is 15.6 Å². The van der Waals surface area contributed by atoms with Crippen LogP contribution in [0.5, 0.6) is 0 Å². The van der Waals surface area contributed by atoms with Crippen molar-refractivity contribution in [3.63, 3.8) is 0 Å². The fourth-order valence-electron chi connectivity index (χ4n) is 2.00. The van der Waals surface area contributed by atoms with Crippen molar-refractivity contribution in [3.05, 3.63) is 35.0 Å². The summed E-state index contributed by atoms with van der Waals surface area (Å²) in [5.74, 6) is -0.825. The van der Waals surface area contributed by atoms with E-state index in [2.05, 4.69) is 0 Å². The van der Waals surface area contributed by atoms with Crippen molar-refractivity contribution >= 4 is 28.5 Å². The molecule has 84 valence electrons. The predicted molar refractivity (Wildman–Crippen MR) is 64.0 cm³/mol. The van der Waals surface area contributed by atoms with E-state index in [4.69, 9.17) is 16.7 Å². The number of carbonyl (C=O) groups is 1. The number of halogens is 1. The van der Waals surface area contributed by atoms with Gasteiger partial charge < -0.3 is 9.67 Å². The number of carboxylic acid groups (broad SMARTS) is 1. The van der Waals surface area contributed by atoms with E-state index in [0.717, 1.165) is 23.1 Å². The van der Waals surface area contributed by atoms with Gasteiger partial charge in [-0.2, -0.15) is 0 Å². The molecule has 0 atom stereocenters. The van der Waals surface area contributed by atoms with Crippen LogP contribution in [0.1, 0.15) is 12.6 Å². The second-order valence-electron chi connectivity index (χ2n) is 3.63. The maximum atomic E-state index is 10.8. The molecule has 2 rings (SSSR count). The van der Waals surface area contributed by atoms with Crippen molar-refractivity contribution in [2.75, 3.05) is 0 Å². The zero-order chi connectivity index (χ0) is 11.7. The number of para-hydroxylation sites is 1. The smallest absolute Gasteiger partial charge is 0.309 e. The Morgan fingerprint density at radius 2 is 2.25 bits per heavy atom. The first-order valence-electron chi connectivity index (χ1n) is 5.12. The van der Waals surface area contributed by atoms with E-state index in [1.54, 1.807) is 0 Å². The van der Waals surface area contributed by atoms with Gasteiger partial charge in [-0.15, -0.1) is 0 Å². The molecule has 0 bridgehead atoms. The second kappa shape index (κ2) is 4.18. The average molecular weight is 238 g/mol. The number of hydrogen-bond donors (Lipinski definition) is 1. The average Bonchev–Trinajstić information content (AvgIpc) is 2.55. The molecule has 0 fully saturated rings. The van der Waals surface area contributed by atoms with Gasteiger partial charge in [0.2, 0.25) is 0 Å². The van der Waals surface area contributed by atoms with Gasteiger partial charge in [0, 0.05) is 17.6 Å². The minimum Gasteiger partial charge on any atom is -0.481 e. The minimum absolute atomic E-state index is 0.0266. The Morgan fingerprint density at radius 1 is 1.50 bits per heavy atom. The van der Waals surface area contributed by atoms with Crippen LogP contribution in [-0.2, 0) is 17.8 Å². The van der Waals surface area contributed by atoms with Gasteiger partial charge in [0.25, 0.3) is 0 Å². The standard InChI is InChI=1S/C12H12ClNO2/c1-2-14-9(7-11(15)16)6-8-4-3-5-10(13)12(8)14/h3-6H,2,7H2,1H3,(H,15,16). The molecule has 1 aromatic heterocycles. The third-order valence-electron chi connectivity index (χ3n) is 2.61. The van der Waals surface area contributed by atoms with Crippen molar-refractivity contribution in [2.45, 2.75) is 19.9 Å². The lowest BCUT2D eigenvalue weighted by molar-refractivity contribution is -0.136. The Hall–Kier alpha value is -1.48. The van der Waals surface area contributed by atoms with Crippen molar-refractivity contribution in [2.24, 2.45) is 0 Å². The fourth-order valence-corrected chi connectivity index (χ4v) is 2.28. The molecule has 0 radical (unpaired) electrons. The number of aryl methyl sites for hydroxylation is 1. The maximum absolute atomic E-state index is 10.8. The Balaban J connectivity index is 2.67. The zero-order valence-corrected chi connectivity index (χ0v) is 9.66. The molecule has 0 saturated carbocycles. The Labute approximate surface area is 98.3 Å². The van der Waals surface area contributed by atoms with Crippen LogP contribution in [0.15, 0.2) is 24.3 Å². The first-order valence-corrected chi connectivity index (χ1v) is 5.49. The highest BCUT2D eigenvalue weighted by molar-refractivity contribution is 6.35. The van der Waals surface area contributed by atoms with Gasteiger partial charge >= 0.3 is 5.97 Å². The molecule has 0 spiro atoms. The van der Waals surface area contributed by atoms with Gasteiger partial charge in [0.15, 0.2) is 0 Å². The highest BCUT2D eigenvalue weighted by Crippen LogP contribution is 2.27. The fraction of sp³-hybridized carbons (Fsp3) is 0.250. The summed E-state index contributed by atoms with van der Waals surface area (Å²) in [5.41, 5.74) is 1.71. The lowest BCUT2D eigenvalue weighted by atomic mass is 10.2. The monoisotopic (exact) mass is 237 g/mol. The summed E-state index contributed by atoms with van der Waals surface area (Å²) in [6.45, 7) is 2.70. The van der Waals surface area contributed by atoms with Crippen LogP contribution in [0.2, 0.25) is 5.02 Å². The van der Waals surface area contributed by atoms with Crippen LogP contribution in [0.25, 0.3) is 10.9 Å². The summed E-state index contributed by atoms with van der Waals surface area (Å²) < 4.78 is 1.95. The first kappa shape index (κ1) is 11.0. The minimum atomic E-state index is -0.825. The first-order chi connectivity index (χ1) is 7.63. The zero-order valence-electron chi connectivity index (χ0n) is 8.90. The molecule has 0 saturated heterocycles. The molecule has 4 heteroatoms. The van der Waals surface area contributed by atoms with Crippen LogP contribution in [0, 0.1) is 0 Å². The molecule has 16 heavy (non-hydrogen) atoms. The Bertz CT molecular complexity index is 545. The third kappa shape index (κ3) is 1.78. The largest absolute Gasteiger partial charge is 0.481 e. The van der Waals surface area contributed by atoms with Crippen molar-refractivity contribution in [1.82, 2.24) is 4.57 Å². The number of carboxylic acids is 1. The van der Waals surface area contributed by atoms with Crippen molar-refractivity contribution < 1.29 is 9.90 Å². The number of benzene rings is 1. The molecule has 0 aliphatic carbocycles. The molecule has 1 N–H and O–H groups in total. The number of fused-ring (bicyclic) bond motifs is 1. The van der Waals surface area contributed by atoms with Crippen LogP contribution >= 0.6 is 11.6 Å². The van der Waals surface area contributed by atoms with Gasteiger partial charge in [0.1, 0.15) is 0 Å². The van der Waals surface area contributed by atoms with Crippen molar-refractivity contribution in [3.8, 4) is 0 Å². The molecule has 1 aromatic carbocycles. The molecular formula is C12H12ClNO2. The molecule has 2 aromatic rings. The van der Waals surface area contributed by atoms with Gasteiger partial charge in [-0.05, 0) is 19.1 Å². The molecule has 0 amide bonds. The molecule has 3 nitrogen and oxygen atoms in total. The Kier molecular flexibility index (Phi) is 2.88. The van der Waals surface area contributed by atoms with Gasteiger partial charge in [-0.3, -0.25) is 4.79 Å². The number of nitrogens with zero attached hydrogens (tertiary/aromatic N) is 1. The third-order valence-corrected chi connectivity index (χ3v) is 2.91. The number of aliphatic carboxylic acids is 1. The summed E-state index contributed by atoms with van der Waals surface area (Å²) in [7, 11) is 0. The van der Waals surface area contributed by atoms with E-state index < -0.39 is 5.97 Å². The molecule has 1 heterocycles. The highest BCUT2D eigenvalue weighted by Gasteiger charge is 2.12. The number of rotatable bonds is 3. The van der Waals surface area contributed by atoms with Crippen LogP contribution in [0.4, 0.5) is 0 Å². The summed E-state index contributed by atoms with van der Waals surface area (Å²) >= 11 is 6.12. The summed E-state index contributed by atoms with van der Waals surface area (Å²) in [6.07, 6.45) is 0.0266. The topological polar surface area (TPSA) is 42.2 Å². The SMILES string of the molecule is CCn1c(CC(=O)O)cc2cccc(Cl)c21. The quantitative estimate of drug-likeness (QED) is 0.892. The van der Waals surface area contributed by atoms with E-state index in [1.165, 1.54) is 0 Å². The van der Waals surface area contributed by atoms with E-state index in [1.807, 2.05) is 35.8 Å². The van der Waals surface area contributed by atoms with Gasteiger partial charge in [0.05, 0.1) is 17.0 Å². The highest BCUT2D eigenvalue weighted by atomic mass is 35.5. The number of aromatic nitrogens is 1. The summed E-state index contributed by atoms with van der Waals surface area (Å²) in [5, 5.41) is 10.5. The summed E-state index contributed by atoms with van der Waals surface area (Å²) in [4.78, 5) is 10.8. The lowest BCUT2D eigenvalue weighted by Gasteiger charge is -2.06. The maximum Gasteiger partial charge on any atom is 0.309 e. The number of hydrogen-bond acceptors (Lipinski definition) is 1. The molecule has 0 aliphatic heterocycles. The molecule has 0 unspecified atom stereocenters. The summed E-state index contributed by atoms with van der Waals surface area (Å²) in [6, 6.07) is 7.52. The van der Waals surface area contributed by atoms with Gasteiger partial charge in [-0.1, -0.05) is 23.7 Å². The Morgan fingerprint density at radius 3 is 2.88 bits per heavy atom. The van der Waals surface area contributed by atoms with Crippen LogP contribution < -0.4 is 0 Å². The molecular weight excluding hydrogens is 226 g/mol. The van der Waals surface area contributed by atoms with E-state index in [-0.39, 0.29) is 6.42 Å².